The average molecular weight is 729 g/mol. The molecule has 0 atom stereocenters. The van der Waals surface area contributed by atoms with Crippen LogP contribution < -0.4 is 0 Å². The van der Waals surface area contributed by atoms with E-state index in [4.69, 9.17) is 15.0 Å². The van der Waals surface area contributed by atoms with Gasteiger partial charge in [0.2, 0.25) is 0 Å². The van der Waals surface area contributed by atoms with Crippen molar-refractivity contribution in [2.75, 3.05) is 0 Å². The first-order valence-electron chi connectivity index (χ1n) is 19.9. The number of benzene rings is 6. The van der Waals surface area contributed by atoms with Gasteiger partial charge >= 0.3 is 0 Å². The van der Waals surface area contributed by atoms with Crippen LogP contribution in [0.5, 0.6) is 0 Å². The predicted molar refractivity (Wildman–Crippen MR) is 239 cm³/mol. The summed E-state index contributed by atoms with van der Waals surface area (Å²) < 4.78 is 0. The van der Waals surface area contributed by atoms with Gasteiger partial charge in [-0.3, -0.25) is 4.98 Å². The molecule has 1 aliphatic rings. The lowest BCUT2D eigenvalue weighted by molar-refractivity contribution is 0.974. The molecule has 0 saturated heterocycles. The van der Waals surface area contributed by atoms with Gasteiger partial charge in [-0.2, -0.15) is 0 Å². The van der Waals surface area contributed by atoms with Gasteiger partial charge in [0.25, 0.3) is 0 Å². The molecule has 0 unspecified atom stereocenters. The van der Waals surface area contributed by atoms with E-state index in [1.54, 1.807) is 0 Å². The molecule has 9 rings (SSSR count). The van der Waals surface area contributed by atoms with E-state index >= 15 is 0 Å². The van der Waals surface area contributed by atoms with Crippen LogP contribution in [0, 0.1) is 6.92 Å². The summed E-state index contributed by atoms with van der Waals surface area (Å²) >= 11 is 0. The Bertz CT molecular complexity index is 2630. The van der Waals surface area contributed by atoms with Gasteiger partial charge in [0, 0.05) is 34.5 Å². The number of fused-ring (bicyclic) bond motifs is 4. The van der Waals surface area contributed by atoms with Crippen LogP contribution in [0.4, 0.5) is 0 Å². The van der Waals surface area contributed by atoms with Crippen molar-refractivity contribution in [1.29, 1.82) is 0 Å². The summed E-state index contributed by atoms with van der Waals surface area (Å²) in [4.78, 5) is 19.6. The number of nitrogens with zero attached hydrogens (tertiary/aromatic N) is 4. The lowest BCUT2D eigenvalue weighted by Gasteiger charge is -2.21. The van der Waals surface area contributed by atoms with Crippen LogP contribution in [0.15, 0.2) is 146 Å². The zero-order chi connectivity index (χ0) is 39.0. The fourth-order valence-corrected chi connectivity index (χ4v) is 7.62. The minimum Gasteiger partial charge on any atom is -0.264 e. The summed E-state index contributed by atoms with van der Waals surface area (Å²) in [6.07, 6.45) is 15.0. The fourth-order valence-electron chi connectivity index (χ4n) is 7.62. The second kappa shape index (κ2) is 17.3. The Morgan fingerprint density at radius 3 is 1.88 bits per heavy atom. The van der Waals surface area contributed by atoms with E-state index in [1.807, 2.05) is 101 Å². The van der Waals surface area contributed by atoms with E-state index in [-0.39, 0.29) is 0 Å². The Kier molecular flexibility index (Phi) is 11.7. The summed E-state index contributed by atoms with van der Waals surface area (Å²) in [6.45, 7) is 12.4. The first kappa shape index (κ1) is 37.8. The summed E-state index contributed by atoms with van der Waals surface area (Å²) in [6, 6.07) is 42.5. The third-order valence-corrected chi connectivity index (χ3v) is 10.2. The maximum Gasteiger partial charge on any atom is 0.164 e. The molecule has 0 amide bonds. The van der Waals surface area contributed by atoms with Gasteiger partial charge in [0.15, 0.2) is 17.5 Å². The van der Waals surface area contributed by atoms with Crippen LogP contribution in [0.3, 0.4) is 0 Å². The summed E-state index contributed by atoms with van der Waals surface area (Å²) in [7, 11) is 0. The molecule has 4 nitrogen and oxygen atoms in total. The van der Waals surface area contributed by atoms with Crippen molar-refractivity contribution in [3.05, 3.63) is 168 Å². The lowest BCUT2D eigenvalue weighted by Crippen LogP contribution is -2.02. The van der Waals surface area contributed by atoms with Crippen molar-refractivity contribution in [2.45, 2.75) is 54.4 Å². The maximum atomic E-state index is 5.13. The molecule has 2 aromatic heterocycles. The van der Waals surface area contributed by atoms with Crippen LogP contribution >= 0.6 is 0 Å². The Morgan fingerprint density at radius 1 is 0.554 bits per heavy atom. The SMILES string of the molecule is C/C=C\c1c(C)c2c(c3cc(-c4cc(-c5nc(-c6ccccc6)nc(-c6ccccc6)n5)cc(-c5cccc6cnccc56)c4)ccc13)C=CCC2.CC.CC. The second-order valence-electron chi connectivity index (χ2n) is 13.4. The van der Waals surface area contributed by atoms with E-state index in [1.165, 1.54) is 33.0 Å². The molecule has 0 spiro atoms. The highest BCUT2D eigenvalue weighted by Gasteiger charge is 2.19. The first-order valence-corrected chi connectivity index (χ1v) is 19.9. The van der Waals surface area contributed by atoms with Gasteiger partial charge in [0.05, 0.1) is 0 Å². The summed E-state index contributed by atoms with van der Waals surface area (Å²) in [5.74, 6) is 1.91. The zero-order valence-corrected chi connectivity index (χ0v) is 33.2. The van der Waals surface area contributed by atoms with E-state index < -0.39 is 0 Å². The van der Waals surface area contributed by atoms with Gasteiger partial charge in [-0.1, -0.05) is 143 Å². The zero-order valence-electron chi connectivity index (χ0n) is 33.2. The van der Waals surface area contributed by atoms with Crippen LogP contribution in [0.25, 0.3) is 90.1 Å². The highest BCUT2D eigenvalue weighted by molar-refractivity contribution is 6.02. The quantitative estimate of drug-likeness (QED) is 0.171. The van der Waals surface area contributed by atoms with Crippen LogP contribution in [-0.4, -0.2) is 19.9 Å². The lowest BCUT2D eigenvalue weighted by atomic mass is 9.84. The van der Waals surface area contributed by atoms with Crippen molar-refractivity contribution in [3.63, 3.8) is 0 Å². The average Bonchev–Trinajstić information content (AvgIpc) is 3.29. The molecule has 0 fully saturated rings. The van der Waals surface area contributed by atoms with Crippen molar-refractivity contribution in [1.82, 2.24) is 19.9 Å². The highest BCUT2D eigenvalue weighted by atomic mass is 15.0. The highest BCUT2D eigenvalue weighted by Crippen LogP contribution is 2.40. The smallest absolute Gasteiger partial charge is 0.164 e. The van der Waals surface area contributed by atoms with E-state index in [9.17, 15) is 0 Å². The number of hydrogen-bond donors (Lipinski definition) is 0. The van der Waals surface area contributed by atoms with E-state index in [0.717, 1.165) is 62.6 Å². The number of hydrogen-bond acceptors (Lipinski definition) is 4. The van der Waals surface area contributed by atoms with Crippen molar-refractivity contribution in [2.24, 2.45) is 0 Å². The molecule has 8 aromatic rings. The Morgan fingerprint density at radius 2 is 1.20 bits per heavy atom. The Labute approximate surface area is 331 Å². The number of pyridine rings is 1. The van der Waals surface area contributed by atoms with Crippen LogP contribution in [0.1, 0.15) is 63.3 Å². The van der Waals surface area contributed by atoms with Crippen molar-refractivity contribution >= 4 is 33.7 Å². The van der Waals surface area contributed by atoms with Gasteiger partial charge in [-0.05, 0) is 118 Å². The molecule has 4 heteroatoms. The van der Waals surface area contributed by atoms with Crippen molar-refractivity contribution < 1.29 is 0 Å². The van der Waals surface area contributed by atoms with E-state index in [2.05, 4.69) is 104 Å². The summed E-state index contributed by atoms with van der Waals surface area (Å²) in [5.41, 5.74) is 12.8. The third kappa shape index (κ3) is 7.43. The Balaban J connectivity index is 0.00000117. The van der Waals surface area contributed by atoms with Gasteiger partial charge in [0.1, 0.15) is 0 Å². The minimum absolute atomic E-state index is 0.629. The first-order chi connectivity index (χ1) is 27.6. The van der Waals surface area contributed by atoms with Crippen LogP contribution in [0.2, 0.25) is 0 Å². The minimum atomic E-state index is 0.629. The molecular weight excluding hydrogens is 681 g/mol. The monoisotopic (exact) mass is 728 g/mol. The number of allylic oxidation sites excluding steroid dienone is 2. The second-order valence-corrected chi connectivity index (χ2v) is 13.4. The number of rotatable bonds is 6. The van der Waals surface area contributed by atoms with Crippen LogP contribution in [-0.2, 0) is 6.42 Å². The van der Waals surface area contributed by atoms with Gasteiger partial charge in [-0.15, -0.1) is 0 Å². The van der Waals surface area contributed by atoms with Gasteiger partial charge < -0.3 is 0 Å². The molecule has 0 saturated carbocycles. The van der Waals surface area contributed by atoms with Gasteiger partial charge in [-0.25, -0.2) is 15.0 Å². The third-order valence-electron chi connectivity index (χ3n) is 10.2. The molecule has 6 aromatic carbocycles. The maximum absolute atomic E-state index is 5.13. The van der Waals surface area contributed by atoms with E-state index in [0.29, 0.717) is 17.5 Å². The molecular formula is C52H48N4. The fraction of sp³-hybridized carbons (Fsp3) is 0.154. The molecule has 276 valence electrons. The molecule has 2 heterocycles. The molecule has 1 aliphatic carbocycles. The molecule has 0 N–H and O–H groups in total. The largest absolute Gasteiger partial charge is 0.264 e. The molecule has 0 radical (unpaired) electrons. The normalized spacial score (nSPS) is 11.8. The standard InChI is InChI=1S/C48H36N4.2C2H6/c1-3-13-39-31(2)40-19-10-11-20-43(40)45-29-34(22-23-44(39)45)36-26-37(41-21-12-18-35-30-49-25-24-42(35)41)28-38(27-36)48-51-46(32-14-6-4-7-15-32)50-47(52-48)33-16-8-5-9-17-33;2*1-2/h3-9,11-18,20-30H,10,19H2,1-2H3;2*1-2H3/b13-3-;;. The predicted octanol–water partition coefficient (Wildman–Crippen LogP) is 14.3. The summed E-state index contributed by atoms with van der Waals surface area (Å²) in [5, 5.41) is 4.81. The molecule has 0 bridgehead atoms. The number of aromatic nitrogens is 4. The topological polar surface area (TPSA) is 51.6 Å². The molecule has 0 aliphatic heterocycles. The molecule has 56 heavy (non-hydrogen) atoms. The van der Waals surface area contributed by atoms with Crippen molar-refractivity contribution in [3.8, 4) is 56.4 Å². The Hall–Kier alpha value is -6.52.